The highest BCUT2D eigenvalue weighted by Gasteiger charge is 2.49. The minimum Gasteiger partial charge on any atom is -0.449 e. The first kappa shape index (κ1) is 65.2. The second-order valence-corrected chi connectivity index (χ2v) is 23.0. The third-order valence-corrected chi connectivity index (χ3v) is 15.3. The van der Waals surface area contributed by atoms with Crippen molar-refractivity contribution in [3.05, 3.63) is 181 Å². The number of nitrogen functional groups attached to an aromatic ring is 1. The fraction of sp³-hybridized carbons (Fsp3) is 0.152. The van der Waals surface area contributed by atoms with Crippen LogP contribution in [0.5, 0.6) is 5.75 Å². The van der Waals surface area contributed by atoms with Gasteiger partial charge in [0.15, 0.2) is 51.5 Å². The molecule has 0 atom stereocenters. The van der Waals surface area contributed by atoms with Gasteiger partial charge in [-0.15, -0.1) is 0 Å². The zero-order valence-corrected chi connectivity index (χ0v) is 52.3. The summed E-state index contributed by atoms with van der Waals surface area (Å²) in [6.45, 7) is 14.0. The highest BCUT2D eigenvalue weighted by Crippen LogP contribution is 2.43. The van der Waals surface area contributed by atoms with Crippen LogP contribution in [0.15, 0.2) is 160 Å². The molecule has 96 heavy (non-hydrogen) atoms. The van der Waals surface area contributed by atoms with Gasteiger partial charge in [0.1, 0.15) is 0 Å². The first-order valence-corrected chi connectivity index (χ1v) is 30.1. The van der Waals surface area contributed by atoms with Crippen LogP contribution in [0.4, 0.5) is 41.6 Å². The number of pyridine rings is 3. The lowest BCUT2D eigenvalue weighted by atomic mass is 10.2. The Morgan fingerprint density at radius 2 is 0.927 bits per heavy atom. The van der Waals surface area contributed by atoms with Crippen LogP contribution >= 0.6 is 0 Å². The topological polar surface area (TPSA) is 347 Å². The van der Waals surface area contributed by atoms with E-state index in [1.165, 1.54) is 41.7 Å². The van der Waals surface area contributed by atoms with Crippen molar-refractivity contribution in [1.82, 2.24) is 74.6 Å². The molecule has 5 N–H and O–H groups in total. The molecule has 486 valence electrons. The van der Waals surface area contributed by atoms with E-state index in [2.05, 4.69) is 80.1 Å². The lowest BCUT2D eigenvalue weighted by Crippen LogP contribution is -2.28. The Kier molecular flexibility index (Phi) is 17.9. The van der Waals surface area contributed by atoms with Crippen molar-refractivity contribution >= 4 is 116 Å². The minimum atomic E-state index is -5.90. The second-order valence-electron chi connectivity index (χ2n) is 21.5. The summed E-state index contributed by atoms with van der Waals surface area (Å²) in [6, 6.07) is 27.6. The van der Waals surface area contributed by atoms with Crippen LogP contribution in [0.1, 0.15) is 65.0 Å². The number of aryl methyl sites for hydroxylation is 6. The molecule has 30 heteroatoms. The predicted molar refractivity (Wildman–Crippen MR) is 355 cm³/mol. The first-order valence-electron chi connectivity index (χ1n) is 28.7. The van der Waals surface area contributed by atoms with Crippen LogP contribution in [0, 0.1) is 41.5 Å². The Labute approximate surface area is 543 Å². The van der Waals surface area contributed by atoms with Gasteiger partial charge in [-0.05, 0) is 114 Å². The SMILES string of the molecule is C.CC(=O)n1ncc2c(N)cccc21.CC(=O)n1ncc2c(Nc3c(-c4nc(C)cc(C)n4)oc4cnccc34)cccc21.Cc1cc(C)nc(-c2oc3cnccc3c2Nc2cccc3[nH]ncc23)n1.Cc1cc(C)nc(-c2oc3cnccc3c2OS(=O)(=O)C(F)(F)F)n1. The molecule has 0 aliphatic heterocycles. The molecule has 0 bridgehead atoms. The van der Waals surface area contributed by atoms with Gasteiger partial charge in [-0.25, -0.2) is 39.3 Å². The third-order valence-electron chi connectivity index (χ3n) is 14.3. The van der Waals surface area contributed by atoms with Crippen LogP contribution in [0.3, 0.4) is 0 Å². The lowest BCUT2D eigenvalue weighted by molar-refractivity contribution is -0.0499. The molecule has 0 saturated heterocycles. The Balaban J connectivity index is 0.000000134. The van der Waals surface area contributed by atoms with E-state index in [1.54, 1.807) is 75.4 Å². The number of hydrogen-bond acceptors (Lipinski definition) is 23. The number of benzene rings is 3. The fourth-order valence-electron chi connectivity index (χ4n) is 10.3. The molecule has 0 fully saturated rings. The molecule has 0 unspecified atom stereocenters. The number of hydrogen-bond donors (Lipinski definition) is 4. The van der Waals surface area contributed by atoms with Gasteiger partial charge >= 0.3 is 15.6 Å². The maximum absolute atomic E-state index is 12.7. The van der Waals surface area contributed by atoms with Gasteiger partial charge in [0, 0.05) is 111 Å². The summed E-state index contributed by atoms with van der Waals surface area (Å²) in [7, 11) is -5.90. The number of aromatic amines is 1. The van der Waals surface area contributed by atoms with Crippen molar-refractivity contribution in [2.24, 2.45) is 0 Å². The molecular formula is C66H57F3N18O8S. The number of aromatic nitrogens is 15. The highest BCUT2D eigenvalue weighted by molar-refractivity contribution is 7.88. The van der Waals surface area contributed by atoms with Crippen LogP contribution in [-0.4, -0.2) is 100 Å². The van der Waals surface area contributed by atoms with Crippen LogP contribution < -0.4 is 20.6 Å². The van der Waals surface area contributed by atoms with Crippen molar-refractivity contribution in [3.8, 4) is 40.5 Å². The summed E-state index contributed by atoms with van der Waals surface area (Å²) in [5.74, 6) is 0.838. The lowest BCUT2D eigenvalue weighted by Gasteiger charge is -2.09. The number of nitrogens with one attached hydrogen (secondary N) is 3. The number of carbonyl (C=O) groups is 2. The van der Waals surface area contributed by atoms with Crippen molar-refractivity contribution < 1.29 is 48.6 Å². The Bertz CT molecular complexity index is 5520. The largest absolute Gasteiger partial charge is 0.534 e. The number of furan rings is 3. The Hall–Kier alpha value is -12.3. The van der Waals surface area contributed by atoms with E-state index in [0.717, 1.165) is 89.0 Å². The molecule has 26 nitrogen and oxygen atoms in total. The summed E-state index contributed by atoms with van der Waals surface area (Å²) in [5, 5.41) is 26.7. The summed E-state index contributed by atoms with van der Waals surface area (Å²) in [5.41, 5.74) is 12.3. The van der Waals surface area contributed by atoms with E-state index in [1.807, 2.05) is 94.4 Å². The van der Waals surface area contributed by atoms with Gasteiger partial charge in [0.2, 0.25) is 17.6 Å². The molecule has 0 radical (unpaired) electrons. The third kappa shape index (κ3) is 13.2. The van der Waals surface area contributed by atoms with Crippen molar-refractivity contribution in [3.63, 3.8) is 0 Å². The number of halogens is 3. The fourth-order valence-corrected chi connectivity index (χ4v) is 10.8. The molecule has 0 aliphatic rings. The number of alkyl halides is 3. The zero-order chi connectivity index (χ0) is 67.0. The number of carbonyl (C=O) groups excluding carboxylic acids is 2. The van der Waals surface area contributed by atoms with E-state index in [9.17, 15) is 31.2 Å². The molecule has 0 amide bonds. The van der Waals surface area contributed by atoms with Gasteiger partial charge in [-0.1, -0.05) is 25.6 Å². The van der Waals surface area contributed by atoms with E-state index in [4.69, 9.17) is 19.0 Å². The minimum absolute atomic E-state index is 0. The van der Waals surface area contributed by atoms with Gasteiger partial charge < -0.3 is 33.8 Å². The average Bonchev–Trinajstić information content (AvgIpc) is 1.61. The molecule has 0 saturated carbocycles. The van der Waals surface area contributed by atoms with Gasteiger partial charge in [-0.2, -0.15) is 36.9 Å². The van der Waals surface area contributed by atoms with Gasteiger partial charge in [-0.3, -0.25) is 29.6 Å². The Morgan fingerprint density at radius 1 is 0.521 bits per heavy atom. The highest BCUT2D eigenvalue weighted by atomic mass is 32.2. The standard InChI is InChI=1S/C22H18N6O2.C20H16N6O.C14H10F3N3O4S.C9H9N3O.CH4/c1-12-9-13(2)26-22(25-12)21-20(15-7-8-23-11-19(15)30-21)27-17-5-4-6-18-16(17)10-24-28(18)14(3)29;1-11-8-12(2)24-20(23-11)19-18(13-6-7-21-10-17(13)27-19)25-15-4-3-5-16-14(15)9-22-26-16;1-7-5-8(2)20-13(19-7)12-11(24-25(21,22)14(15,16)17)9-3-4-18-6-10(9)23-12;1-6(13)12-9-4-2-3-8(10)7(9)5-11-12;/h4-11,27H,1-3H3;3-10,25H,1-2H3,(H,22,26);3-6H,1-2H3;2-5H,10H2,1H3;1H4. The predicted octanol–water partition coefficient (Wildman–Crippen LogP) is 14.2. The molecule has 15 aromatic rings. The van der Waals surface area contributed by atoms with Crippen molar-refractivity contribution in [2.45, 2.75) is 68.3 Å². The molecule has 12 heterocycles. The summed E-state index contributed by atoms with van der Waals surface area (Å²) in [4.78, 5) is 61.5. The van der Waals surface area contributed by atoms with E-state index in [0.29, 0.717) is 51.4 Å². The van der Waals surface area contributed by atoms with Gasteiger partial charge in [0.05, 0.1) is 70.5 Å². The number of rotatable bonds is 9. The van der Waals surface area contributed by atoms with Crippen molar-refractivity contribution in [1.29, 1.82) is 0 Å². The van der Waals surface area contributed by atoms with Gasteiger partial charge in [0.25, 0.3) is 0 Å². The molecule has 0 aliphatic carbocycles. The summed E-state index contributed by atoms with van der Waals surface area (Å²) >= 11 is 0. The number of nitrogens with zero attached hydrogens (tertiary/aromatic N) is 14. The molecular weight excluding hydrogens is 1260 g/mol. The molecule has 0 spiro atoms. The zero-order valence-electron chi connectivity index (χ0n) is 51.5. The Morgan fingerprint density at radius 3 is 1.41 bits per heavy atom. The van der Waals surface area contributed by atoms with Crippen LogP contribution in [-0.2, 0) is 10.1 Å². The molecule has 15 rings (SSSR count). The quantitative estimate of drug-likeness (QED) is 0.0592. The normalized spacial score (nSPS) is 11.4. The maximum Gasteiger partial charge on any atom is 0.534 e. The smallest absolute Gasteiger partial charge is 0.449 e. The first-order chi connectivity index (χ1) is 45.5. The molecule has 3 aromatic carbocycles. The van der Waals surface area contributed by atoms with Crippen molar-refractivity contribution in [2.75, 3.05) is 16.4 Å². The van der Waals surface area contributed by atoms with E-state index < -0.39 is 21.4 Å². The summed E-state index contributed by atoms with van der Waals surface area (Å²) < 4.78 is 85.6. The van der Waals surface area contributed by atoms with E-state index >= 15 is 0 Å². The number of anilines is 5. The van der Waals surface area contributed by atoms with Crippen LogP contribution in [0.25, 0.3) is 100 Å². The van der Waals surface area contributed by atoms with Crippen LogP contribution in [0.2, 0.25) is 0 Å². The summed E-state index contributed by atoms with van der Waals surface area (Å²) in [6.07, 6.45) is 14.4. The monoisotopic (exact) mass is 1320 g/mol. The second kappa shape index (κ2) is 26.3. The maximum atomic E-state index is 12.7. The van der Waals surface area contributed by atoms with E-state index in [-0.39, 0.29) is 41.8 Å². The molecule has 12 aromatic heterocycles. The number of nitrogens with two attached hydrogens (primary N) is 1. The number of fused-ring (bicyclic) bond motifs is 6. The average molecular weight is 1320 g/mol. The number of H-pyrrole nitrogens is 1.